The molecule has 3 fully saturated rings. The molecular formula is C39H37ClFN7O4. The number of piperazine rings is 1. The molecule has 5 heterocycles. The second kappa shape index (κ2) is 14.9. The molecule has 1 amide bonds. The lowest BCUT2D eigenvalue weighted by Crippen LogP contribution is -2.55. The number of fused-ring (bicyclic) bond motifs is 4. The SMILES string of the molecule is N#CC[C@H]1CN(c2nc(OCCCN3C[C@@H]4C[C@H]3CO4)nc3c(F)c(-c4cccc5cccc(Cl)c45)ncc23)CCN1C(=O)OCc1ccccc1. The molecule has 0 unspecified atom stereocenters. The number of nitrogens with zero attached hydrogens (tertiary/aromatic N) is 7. The van der Waals surface area contributed by atoms with Crippen molar-refractivity contribution in [1.29, 1.82) is 5.26 Å². The Bertz CT molecular complexity index is 2150. The quantitative estimate of drug-likeness (QED) is 0.146. The van der Waals surface area contributed by atoms with Gasteiger partial charge in [-0.15, -0.1) is 0 Å². The number of amides is 1. The maximum Gasteiger partial charge on any atom is 0.410 e. The van der Waals surface area contributed by atoms with Gasteiger partial charge in [-0.05, 0) is 29.9 Å². The molecule has 0 spiro atoms. The number of benzene rings is 3. The lowest BCUT2D eigenvalue weighted by Gasteiger charge is -2.40. The predicted molar refractivity (Wildman–Crippen MR) is 195 cm³/mol. The van der Waals surface area contributed by atoms with Crippen LogP contribution in [0.5, 0.6) is 6.01 Å². The van der Waals surface area contributed by atoms with Gasteiger partial charge in [-0.1, -0.05) is 72.3 Å². The summed E-state index contributed by atoms with van der Waals surface area (Å²) < 4.78 is 34.3. The maximum atomic E-state index is 16.8. The highest BCUT2D eigenvalue weighted by Gasteiger charge is 2.38. The van der Waals surface area contributed by atoms with Crippen molar-refractivity contribution >= 4 is 45.2 Å². The van der Waals surface area contributed by atoms with Crippen molar-refractivity contribution in [3.05, 3.63) is 89.3 Å². The Morgan fingerprint density at radius 1 is 1.06 bits per heavy atom. The number of hydrogen-bond acceptors (Lipinski definition) is 10. The highest BCUT2D eigenvalue weighted by atomic mass is 35.5. The van der Waals surface area contributed by atoms with Crippen molar-refractivity contribution in [2.45, 2.75) is 44.1 Å². The van der Waals surface area contributed by atoms with Gasteiger partial charge in [-0.3, -0.25) is 9.88 Å². The monoisotopic (exact) mass is 721 g/mol. The molecule has 3 atom stereocenters. The van der Waals surface area contributed by atoms with Crippen molar-refractivity contribution in [3.63, 3.8) is 0 Å². The van der Waals surface area contributed by atoms with Gasteiger partial charge in [0.25, 0.3) is 0 Å². The van der Waals surface area contributed by atoms with E-state index in [2.05, 4.69) is 20.9 Å². The molecule has 0 saturated carbocycles. The van der Waals surface area contributed by atoms with Gasteiger partial charge in [0.05, 0.1) is 43.2 Å². The Balaban J connectivity index is 1.09. The zero-order valence-corrected chi connectivity index (χ0v) is 29.2. The van der Waals surface area contributed by atoms with E-state index in [9.17, 15) is 10.1 Å². The van der Waals surface area contributed by atoms with E-state index in [0.29, 0.717) is 52.5 Å². The molecule has 3 aromatic carbocycles. The van der Waals surface area contributed by atoms with E-state index in [0.717, 1.165) is 43.5 Å². The van der Waals surface area contributed by atoms with Gasteiger partial charge in [0, 0.05) is 60.9 Å². The van der Waals surface area contributed by atoms with Gasteiger partial charge in [0.2, 0.25) is 0 Å². The molecule has 266 valence electrons. The maximum absolute atomic E-state index is 16.8. The summed E-state index contributed by atoms with van der Waals surface area (Å²) in [6.45, 7) is 3.91. The van der Waals surface area contributed by atoms with E-state index in [1.165, 1.54) is 0 Å². The van der Waals surface area contributed by atoms with Gasteiger partial charge in [-0.2, -0.15) is 15.2 Å². The minimum absolute atomic E-state index is 0.0438. The van der Waals surface area contributed by atoms with Crippen LogP contribution in [-0.4, -0.2) is 95.0 Å². The van der Waals surface area contributed by atoms with Crippen LogP contribution in [0.2, 0.25) is 5.02 Å². The fourth-order valence-corrected chi connectivity index (χ4v) is 7.85. The molecule has 0 N–H and O–H groups in total. The van der Waals surface area contributed by atoms with E-state index in [1.54, 1.807) is 23.2 Å². The second-order valence-corrected chi connectivity index (χ2v) is 13.8. The molecule has 0 radical (unpaired) electrons. The number of ether oxygens (including phenoxy) is 3. The third-order valence-electron chi connectivity index (χ3n) is 10.1. The number of hydrogen-bond donors (Lipinski definition) is 0. The number of carbonyl (C=O) groups is 1. The molecule has 3 aliphatic heterocycles. The average Bonchev–Trinajstić information content (AvgIpc) is 3.80. The highest BCUT2D eigenvalue weighted by Crippen LogP contribution is 2.38. The average molecular weight is 722 g/mol. The number of pyridine rings is 1. The number of morpholine rings is 1. The molecule has 3 aliphatic rings. The van der Waals surface area contributed by atoms with Crippen LogP contribution in [0.15, 0.2) is 72.9 Å². The number of likely N-dealkylation sites (tertiary alicyclic amines) is 1. The highest BCUT2D eigenvalue weighted by molar-refractivity contribution is 6.36. The van der Waals surface area contributed by atoms with Gasteiger partial charge < -0.3 is 24.0 Å². The minimum atomic E-state index is -0.622. The normalized spacial score (nSPS) is 20.1. The summed E-state index contributed by atoms with van der Waals surface area (Å²) in [5.41, 5.74) is 1.59. The number of anilines is 1. The third kappa shape index (κ3) is 6.79. The van der Waals surface area contributed by atoms with Crippen molar-refractivity contribution in [2.75, 3.05) is 50.8 Å². The number of rotatable bonds is 10. The molecule has 11 nitrogen and oxygen atoms in total. The molecule has 8 rings (SSSR count). The van der Waals surface area contributed by atoms with Crippen LogP contribution < -0.4 is 9.64 Å². The number of carbonyl (C=O) groups excluding carboxylic acids is 1. The lowest BCUT2D eigenvalue weighted by atomic mass is 10.0. The first-order valence-corrected chi connectivity index (χ1v) is 18.0. The first-order chi connectivity index (χ1) is 25.5. The Morgan fingerprint density at radius 3 is 2.69 bits per heavy atom. The summed E-state index contributed by atoms with van der Waals surface area (Å²) in [6, 6.07) is 22.8. The zero-order valence-electron chi connectivity index (χ0n) is 28.5. The van der Waals surface area contributed by atoms with Crippen LogP contribution >= 0.6 is 11.6 Å². The third-order valence-corrected chi connectivity index (χ3v) is 10.5. The van der Waals surface area contributed by atoms with Crippen molar-refractivity contribution in [3.8, 4) is 23.3 Å². The second-order valence-electron chi connectivity index (χ2n) is 13.4. The summed E-state index contributed by atoms with van der Waals surface area (Å²) in [5, 5.41) is 12.2. The minimum Gasteiger partial charge on any atom is -0.463 e. The predicted octanol–water partition coefficient (Wildman–Crippen LogP) is 6.62. The van der Waals surface area contributed by atoms with Crippen molar-refractivity contribution in [1.82, 2.24) is 24.8 Å². The van der Waals surface area contributed by atoms with E-state index >= 15 is 4.39 Å². The topological polar surface area (TPSA) is 117 Å². The van der Waals surface area contributed by atoms with Crippen molar-refractivity contribution in [2.24, 2.45) is 0 Å². The van der Waals surface area contributed by atoms with Crippen LogP contribution in [0, 0.1) is 17.1 Å². The number of halogens is 2. The van der Waals surface area contributed by atoms with Crippen LogP contribution in [0.25, 0.3) is 32.9 Å². The zero-order chi connectivity index (χ0) is 35.6. The Morgan fingerprint density at radius 2 is 1.90 bits per heavy atom. The van der Waals surface area contributed by atoms with E-state index in [-0.39, 0.29) is 43.3 Å². The Kier molecular flexibility index (Phi) is 9.73. The standard InChI is InChI=1S/C39H37ClFN7O4/c40-32-12-5-10-26-9-4-11-30(33(26)32)35-34(41)36-31(20-43-35)37(45-38(44-36)50-18-6-15-46-22-29-19-28(46)24-51-29)47-16-17-48(27(21-47)13-14-42)39(49)52-23-25-7-2-1-3-8-25/h1-5,7-12,20,27-29H,6,13,15-19,21-24H2/t27-,28-,29-/m0/s1. The van der Waals surface area contributed by atoms with E-state index in [1.807, 2.05) is 59.5 Å². The van der Waals surface area contributed by atoms with Gasteiger partial charge in [0.1, 0.15) is 23.6 Å². The van der Waals surface area contributed by atoms with Gasteiger partial charge >= 0.3 is 12.1 Å². The summed E-state index contributed by atoms with van der Waals surface area (Å²) >= 11 is 6.62. The van der Waals surface area contributed by atoms with E-state index < -0.39 is 18.0 Å². The number of aromatic nitrogens is 3. The summed E-state index contributed by atoms with van der Waals surface area (Å²) in [6.07, 6.45) is 3.28. The first-order valence-electron chi connectivity index (χ1n) is 17.6. The largest absolute Gasteiger partial charge is 0.463 e. The fraction of sp³-hybridized carbons (Fsp3) is 0.359. The smallest absolute Gasteiger partial charge is 0.410 e. The van der Waals surface area contributed by atoms with Crippen LogP contribution in [0.3, 0.4) is 0 Å². The molecule has 0 aliphatic carbocycles. The van der Waals surface area contributed by atoms with Crippen LogP contribution in [0.1, 0.15) is 24.8 Å². The van der Waals surface area contributed by atoms with Crippen molar-refractivity contribution < 1.29 is 23.4 Å². The molecule has 2 bridgehead atoms. The summed E-state index contributed by atoms with van der Waals surface area (Å²) in [4.78, 5) is 33.2. The molecule has 52 heavy (non-hydrogen) atoms. The summed E-state index contributed by atoms with van der Waals surface area (Å²) in [5.74, 6) is -0.202. The molecule has 5 aromatic rings. The molecular weight excluding hydrogens is 685 g/mol. The van der Waals surface area contributed by atoms with Crippen LogP contribution in [-0.2, 0) is 16.1 Å². The molecule has 2 aromatic heterocycles. The fourth-order valence-electron chi connectivity index (χ4n) is 7.56. The van der Waals surface area contributed by atoms with E-state index in [4.69, 9.17) is 30.8 Å². The Labute approximate surface area is 305 Å². The van der Waals surface area contributed by atoms with Crippen LogP contribution in [0.4, 0.5) is 15.0 Å². The van der Waals surface area contributed by atoms with Gasteiger partial charge in [0.15, 0.2) is 5.82 Å². The molecule has 3 saturated heterocycles. The Hall–Kier alpha value is -5.09. The summed E-state index contributed by atoms with van der Waals surface area (Å²) in [7, 11) is 0. The van der Waals surface area contributed by atoms with Gasteiger partial charge in [-0.25, -0.2) is 9.18 Å². The first kappa shape index (κ1) is 34.0. The lowest BCUT2D eigenvalue weighted by molar-refractivity contribution is 0.0287. The molecule has 13 heteroatoms. The number of nitriles is 1.